The van der Waals surface area contributed by atoms with Crippen LogP contribution in [-0.4, -0.2) is 29.0 Å². The van der Waals surface area contributed by atoms with Gasteiger partial charge in [0.25, 0.3) is 5.91 Å². The van der Waals surface area contributed by atoms with Crippen molar-refractivity contribution >= 4 is 11.9 Å². The van der Waals surface area contributed by atoms with Crippen molar-refractivity contribution < 1.29 is 23.8 Å². The van der Waals surface area contributed by atoms with Crippen molar-refractivity contribution in [1.82, 2.24) is 4.90 Å². The van der Waals surface area contributed by atoms with Gasteiger partial charge in [-0.05, 0) is 47.0 Å². The summed E-state index contributed by atoms with van der Waals surface area (Å²) in [5.74, 6) is -1.94. The summed E-state index contributed by atoms with van der Waals surface area (Å²) < 4.78 is 18.6. The summed E-state index contributed by atoms with van der Waals surface area (Å²) in [4.78, 5) is 27.3. The Morgan fingerprint density at radius 3 is 2.33 bits per heavy atom. The number of carboxylic acid groups (broad SMARTS) is 1. The van der Waals surface area contributed by atoms with Gasteiger partial charge in [-0.2, -0.15) is 0 Å². The van der Waals surface area contributed by atoms with Crippen molar-refractivity contribution in [1.29, 1.82) is 0 Å². The van der Waals surface area contributed by atoms with Gasteiger partial charge in [-0.25, -0.2) is 4.39 Å². The highest BCUT2D eigenvalue weighted by molar-refractivity contribution is 6.00. The first-order valence-electron chi connectivity index (χ1n) is 9.50. The molecule has 0 spiro atoms. The number of carbonyl (C=O) groups is 2. The highest BCUT2D eigenvalue weighted by Crippen LogP contribution is 2.43. The summed E-state index contributed by atoms with van der Waals surface area (Å²) in [5, 5.41) is 10.1. The summed E-state index contributed by atoms with van der Waals surface area (Å²) in [7, 11) is 1.55. The summed E-state index contributed by atoms with van der Waals surface area (Å²) >= 11 is 0. The van der Waals surface area contributed by atoms with Gasteiger partial charge in [0.05, 0.1) is 13.2 Å². The van der Waals surface area contributed by atoms with Gasteiger partial charge in [0.1, 0.15) is 17.5 Å². The van der Waals surface area contributed by atoms with Gasteiger partial charge in [-0.15, -0.1) is 0 Å². The number of nitrogens with zero attached hydrogens (tertiary/aromatic N) is 1. The van der Waals surface area contributed by atoms with Crippen molar-refractivity contribution in [3.05, 3.63) is 101 Å². The topological polar surface area (TPSA) is 66.8 Å². The van der Waals surface area contributed by atoms with Crippen molar-refractivity contribution in [2.45, 2.75) is 18.5 Å². The average Bonchev–Trinajstić information content (AvgIpc) is 2.76. The number of carbonyl (C=O) groups excluding carboxylic acids is 1. The largest absolute Gasteiger partial charge is 0.497 e. The first-order chi connectivity index (χ1) is 14.5. The minimum Gasteiger partial charge on any atom is -0.497 e. The lowest BCUT2D eigenvalue weighted by molar-refractivity contribution is -0.140. The minimum absolute atomic E-state index is 0.161. The molecule has 1 N–H and O–H groups in total. The summed E-state index contributed by atoms with van der Waals surface area (Å²) in [5.41, 5.74) is 2.27. The zero-order valence-corrected chi connectivity index (χ0v) is 16.3. The Hall–Kier alpha value is -3.67. The van der Waals surface area contributed by atoms with Gasteiger partial charge in [-0.3, -0.25) is 9.59 Å². The van der Waals surface area contributed by atoms with E-state index in [1.807, 2.05) is 0 Å². The lowest BCUT2D eigenvalue weighted by Crippen LogP contribution is -2.44. The van der Waals surface area contributed by atoms with E-state index in [1.54, 1.807) is 72.7 Å². The van der Waals surface area contributed by atoms with Crippen LogP contribution in [0.2, 0.25) is 0 Å². The van der Waals surface area contributed by atoms with E-state index in [-0.39, 0.29) is 18.3 Å². The molecule has 0 saturated heterocycles. The van der Waals surface area contributed by atoms with E-state index in [1.165, 1.54) is 12.1 Å². The van der Waals surface area contributed by atoms with Crippen LogP contribution in [0.5, 0.6) is 5.75 Å². The second-order valence-electron chi connectivity index (χ2n) is 7.18. The first kappa shape index (κ1) is 19.6. The molecule has 0 radical (unpaired) electrons. The number of halogens is 1. The van der Waals surface area contributed by atoms with Crippen LogP contribution in [0.4, 0.5) is 4.39 Å². The van der Waals surface area contributed by atoms with Crippen LogP contribution in [-0.2, 0) is 11.3 Å². The van der Waals surface area contributed by atoms with Gasteiger partial charge < -0.3 is 14.7 Å². The van der Waals surface area contributed by atoms with Crippen LogP contribution in [0.15, 0.2) is 72.8 Å². The third kappa shape index (κ3) is 3.52. The third-order valence-corrected chi connectivity index (χ3v) is 5.43. The van der Waals surface area contributed by atoms with Crippen LogP contribution >= 0.6 is 0 Å². The number of benzene rings is 3. The monoisotopic (exact) mass is 405 g/mol. The molecule has 0 unspecified atom stereocenters. The molecule has 30 heavy (non-hydrogen) atoms. The number of carboxylic acids is 1. The van der Waals surface area contributed by atoms with Crippen LogP contribution < -0.4 is 4.74 Å². The molecule has 0 fully saturated rings. The first-order valence-corrected chi connectivity index (χ1v) is 9.50. The number of aliphatic carboxylic acids is 1. The molecule has 0 aromatic heterocycles. The number of rotatable bonds is 5. The average molecular weight is 405 g/mol. The number of methoxy groups -OCH3 is 1. The second kappa shape index (κ2) is 7.99. The summed E-state index contributed by atoms with van der Waals surface area (Å²) in [6.45, 7) is 0.161. The minimum atomic E-state index is -1.01. The van der Waals surface area contributed by atoms with Gasteiger partial charge >= 0.3 is 5.97 Å². The maximum absolute atomic E-state index is 13.4. The van der Waals surface area contributed by atoms with Crippen LogP contribution in [0.1, 0.15) is 39.0 Å². The molecule has 0 saturated carbocycles. The van der Waals surface area contributed by atoms with Gasteiger partial charge in [-0.1, -0.05) is 42.5 Å². The fourth-order valence-corrected chi connectivity index (χ4v) is 3.99. The molecular formula is C24H20FNO4. The Labute approximate surface area is 173 Å². The van der Waals surface area contributed by atoms with Crippen LogP contribution in [0, 0.1) is 5.82 Å². The van der Waals surface area contributed by atoms with Gasteiger partial charge in [0, 0.05) is 12.1 Å². The Morgan fingerprint density at radius 1 is 1.03 bits per heavy atom. The lowest BCUT2D eigenvalue weighted by Gasteiger charge is -2.41. The van der Waals surface area contributed by atoms with Crippen molar-refractivity contribution in [3.63, 3.8) is 0 Å². The standard InChI is InChI=1S/C24H20FNO4/c1-30-18-12-8-16(9-13-18)22-21(24(28)29)19-4-2-3-5-20(19)23(27)26(22)14-15-6-10-17(25)11-7-15/h2-13,21-22H,14H2,1H3,(H,28,29)/t21-,22-/m0/s1. The van der Waals surface area contributed by atoms with E-state index in [0.29, 0.717) is 28.0 Å². The molecule has 2 atom stereocenters. The Morgan fingerprint density at radius 2 is 1.70 bits per heavy atom. The molecule has 1 aliphatic heterocycles. The zero-order valence-electron chi connectivity index (χ0n) is 16.3. The van der Waals surface area contributed by atoms with E-state index >= 15 is 0 Å². The molecule has 3 aromatic rings. The molecule has 5 nitrogen and oxygen atoms in total. The predicted molar refractivity (Wildman–Crippen MR) is 109 cm³/mol. The van der Waals surface area contributed by atoms with Crippen LogP contribution in [0.25, 0.3) is 0 Å². The fourth-order valence-electron chi connectivity index (χ4n) is 3.99. The number of fused-ring (bicyclic) bond motifs is 1. The van der Waals surface area contributed by atoms with Crippen molar-refractivity contribution in [2.24, 2.45) is 0 Å². The fraction of sp³-hybridized carbons (Fsp3) is 0.167. The normalized spacial score (nSPS) is 18.1. The Bertz CT molecular complexity index is 1080. The molecule has 0 bridgehead atoms. The molecule has 152 valence electrons. The molecule has 0 aliphatic carbocycles. The predicted octanol–water partition coefficient (Wildman–Crippen LogP) is 4.40. The number of hydrogen-bond acceptors (Lipinski definition) is 3. The summed E-state index contributed by atoms with van der Waals surface area (Å²) in [6, 6.07) is 19.0. The SMILES string of the molecule is COc1ccc([C@H]2[C@@H](C(=O)O)c3ccccc3C(=O)N2Cc2ccc(F)cc2)cc1. The molecular weight excluding hydrogens is 385 g/mol. The van der Waals surface area contributed by atoms with Gasteiger partial charge in [0.2, 0.25) is 0 Å². The quantitative estimate of drug-likeness (QED) is 0.683. The maximum atomic E-state index is 13.4. The van der Waals surface area contributed by atoms with Crippen LogP contribution in [0.3, 0.4) is 0 Å². The zero-order chi connectivity index (χ0) is 21.3. The van der Waals surface area contributed by atoms with E-state index in [0.717, 1.165) is 0 Å². The second-order valence-corrected chi connectivity index (χ2v) is 7.18. The number of hydrogen-bond donors (Lipinski definition) is 1. The third-order valence-electron chi connectivity index (χ3n) is 5.43. The van der Waals surface area contributed by atoms with E-state index in [2.05, 4.69) is 0 Å². The number of ether oxygens (including phenoxy) is 1. The maximum Gasteiger partial charge on any atom is 0.313 e. The molecule has 3 aromatic carbocycles. The Balaban J connectivity index is 1.85. The molecule has 1 heterocycles. The molecule has 1 amide bonds. The highest BCUT2D eigenvalue weighted by atomic mass is 19.1. The van der Waals surface area contributed by atoms with Crippen molar-refractivity contribution in [2.75, 3.05) is 7.11 Å². The van der Waals surface area contributed by atoms with Crippen molar-refractivity contribution in [3.8, 4) is 5.75 Å². The lowest BCUT2D eigenvalue weighted by atomic mass is 9.79. The smallest absolute Gasteiger partial charge is 0.313 e. The van der Waals surface area contributed by atoms with Gasteiger partial charge in [0.15, 0.2) is 0 Å². The summed E-state index contributed by atoms with van der Waals surface area (Å²) in [6.07, 6.45) is 0. The van der Waals surface area contributed by atoms with E-state index in [9.17, 15) is 19.1 Å². The highest BCUT2D eigenvalue weighted by Gasteiger charge is 2.44. The molecule has 4 rings (SSSR count). The van der Waals surface area contributed by atoms with E-state index < -0.39 is 17.9 Å². The van der Waals surface area contributed by atoms with E-state index in [4.69, 9.17) is 4.74 Å². The molecule has 1 aliphatic rings. The Kier molecular flexibility index (Phi) is 5.23. The number of amides is 1. The molecule has 6 heteroatoms.